The van der Waals surface area contributed by atoms with E-state index in [0.717, 1.165) is 12.2 Å². The fourth-order valence-corrected chi connectivity index (χ4v) is 2.24. The van der Waals surface area contributed by atoms with Crippen LogP contribution in [-0.4, -0.2) is 52.6 Å². The summed E-state index contributed by atoms with van der Waals surface area (Å²) >= 11 is 1.56. The molecule has 2 N–H and O–H groups in total. The molecule has 0 spiro atoms. The molecule has 6 heteroatoms. The maximum absolute atomic E-state index is 11.7. The summed E-state index contributed by atoms with van der Waals surface area (Å²) in [7, 11) is 0. The zero-order chi connectivity index (χ0) is 12.7. The summed E-state index contributed by atoms with van der Waals surface area (Å²) in [6.45, 7) is 1.02. The molecule has 2 amide bonds. The van der Waals surface area contributed by atoms with Gasteiger partial charge in [0.25, 0.3) is 0 Å². The Morgan fingerprint density at radius 2 is 2.35 bits per heavy atom. The second-order valence-corrected chi connectivity index (χ2v) is 4.78. The Balaban J connectivity index is 2.27. The summed E-state index contributed by atoms with van der Waals surface area (Å²) in [6, 6.07) is -0.968. The van der Waals surface area contributed by atoms with Crippen molar-refractivity contribution in [3.63, 3.8) is 0 Å². The first-order chi connectivity index (χ1) is 8.16. The van der Waals surface area contributed by atoms with Gasteiger partial charge in [0.05, 0.1) is 5.75 Å². The van der Waals surface area contributed by atoms with Crippen LogP contribution in [0.1, 0.15) is 12.8 Å². The van der Waals surface area contributed by atoms with Crippen LogP contribution in [0, 0.1) is 12.3 Å². The first-order valence-corrected chi connectivity index (χ1v) is 6.60. The van der Waals surface area contributed by atoms with Crippen molar-refractivity contribution >= 4 is 23.8 Å². The Bertz CT molecular complexity index is 327. The van der Waals surface area contributed by atoms with Gasteiger partial charge in [0.2, 0.25) is 0 Å². The number of rotatable bonds is 5. The van der Waals surface area contributed by atoms with Crippen molar-refractivity contribution in [3.05, 3.63) is 0 Å². The third-order valence-electron chi connectivity index (χ3n) is 2.51. The Morgan fingerprint density at radius 1 is 1.59 bits per heavy atom. The van der Waals surface area contributed by atoms with E-state index < -0.39 is 12.0 Å². The maximum Gasteiger partial charge on any atom is 0.326 e. The summed E-state index contributed by atoms with van der Waals surface area (Å²) in [5.74, 6) is 2.92. The number of carboxylic acid groups (broad SMARTS) is 1. The normalized spacial score (nSPS) is 18.8. The lowest BCUT2D eigenvalue weighted by Crippen LogP contribution is -2.46. The highest BCUT2D eigenvalue weighted by Gasteiger charge is 2.33. The molecule has 0 saturated carbocycles. The highest BCUT2D eigenvalue weighted by Crippen LogP contribution is 2.17. The summed E-state index contributed by atoms with van der Waals surface area (Å²) < 4.78 is 0. The molecule has 0 aromatic carbocycles. The number of nitrogens with one attached hydrogen (secondary N) is 1. The van der Waals surface area contributed by atoms with E-state index in [1.165, 1.54) is 4.90 Å². The predicted octanol–water partition coefficient (Wildman–Crippen LogP) is 0.611. The molecule has 0 bridgehead atoms. The van der Waals surface area contributed by atoms with Crippen LogP contribution >= 0.6 is 11.8 Å². The van der Waals surface area contributed by atoms with E-state index in [2.05, 4.69) is 11.2 Å². The molecular formula is C11H16N2O3S. The number of thioether (sulfide) groups is 1. The van der Waals surface area contributed by atoms with E-state index in [-0.39, 0.29) is 6.03 Å². The molecule has 0 aromatic heterocycles. The van der Waals surface area contributed by atoms with Crippen molar-refractivity contribution in [1.82, 2.24) is 10.2 Å². The molecule has 1 heterocycles. The van der Waals surface area contributed by atoms with Crippen molar-refractivity contribution in [2.24, 2.45) is 0 Å². The lowest BCUT2D eigenvalue weighted by molar-refractivity contribution is -0.141. The van der Waals surface area contributed by atoms with Crippen LogP contribution in [0.4, 0.5) is 4.79 Å². The van der Waals surface area contributed by atoms with E-state index >= 15 is 0 Å². The van der Waals surface area contributed by atoms with E-state index in [0.29, 0.717) is 25.3 Å². The predicted molar refractivity (Wildman–Crippen MR) is 66.9 cm³/mol. The Hall–Kier alpha value is -1.35. The number of carboxylic acids is 1. The fraction of sp³-hybridized carbons (Fsp3) is 0.636. The molecule has 5 nitrogen and oxygen atoms in total. The first kappa shape index (κ1) is 13.7. The molecule has 1 fully saturated rings. The second kappa shape index (κ2) is 7.07. The number of likely N-dealkylation sites (tertiary alicyclic amines) is 1. The molecule has 1 saturated heterocycles. The smallest absolute Gasteiger partial charge is 0.326 e. The highest BCUT2D eigenvalue weighted by molar-refractivity contribution is 7.99. The van der Waals surface area contributed by atoms with Gasteiger partial charge in [0, 0.05) is 18.8 Å². The van der Waals surface area contributed by atoms with Crippen LogP contribution in [0.3, 0.4) is 0 Å². The molecule has 1 rings (SSSR count). The van der Waals surface area contributed by atoms with Gasteiger partial charge < -0.3 is 15.3 Å². The second-order valence-electron chi connectivity index (χ2n) is 3.68. The molecular weight excluding hydrogens is 240 g/mol. The van der Waals surface area contributed by atoms with E-state index in [1.54, 1.807) is 11.8 Å². The number of carbonyl (C=O) groups is 2. The SMILES string of the molecule is C#CCSCCNC(=O)N1CCC[C@H]1C(=O)O. The molecule has 0 unspecified atom stereocenters. The van der Waals surface area contributed by atoms with Gasteiger partial charge in [-0.15, -0.1) is 18.2 Å². The van der Waals surface area contributed by atoms with Gasteiger partial charge in [-0.1, -0.05) is 5.92 Å². The van der Waals surface area contributed by atoms with Crippen molar-refractivity contribution < 1.29 is 14.7 Å². The van der Waals surface area contributed by atoms with Gasteiger partial charge in [-0.25, -0.2) is 9.59 Å². The number of nitrogens with zero attached hydrogens (tertiary/aromatic N) is 1. The largest absolute Gasteiger partial charge is 0.480 e. The van der Waals surface area contributed by atoms with Gasteiger partial charge in [-0.2, -0.15) is 0 Å². The van der Waals surface area contributed by atoms with E-state index in [1.807, 2.05) is 0 Å². The first-order valence-electron chi connectivity index (χ1n) is 5.45. The van der Waals surface area contributed by atoms with Crippen molar-refractivity contribution in [1.29, 1.82) is 0 Å². The van der Waals surface area contributed by atoms with Gasteiger partial charge in [0.15, 0.2) is 0 Å². The molecule has 0 aromatic rings. The molecule has 1 aliphatic heterocycles. The van der Waals surface area contributed by atoms with Gasteiger partial charge in [-0.3, -0.25) is 0 Å². The average molecular weight is 256 g/mol. The molecule has 17 heavy (non-hydrogen) atoms. The minimum Gasteiger partial charge on any atom is -0.480 e. The van der Waals surface area contributed by atoms with Gasteiger partial charge >= 0.3 is 12.0 Å². The molecule has 1 atom stereocenters. The van der Waals surface area contributed by atoms with E-state index in [4.69, 9.17) is 11.5 Å². The minimum atomic E-state index is -0.931. The van der Waals surface area contributed by atoms with Gasteiger partial charge in [0.1, 0.15) is 6.04 Å². The third-order valence-corrected chi connectivity index (χ3v) is 3.37. The van der Waals surface area contributed by atoms with Crippen LogP contribution in [0.2, 0.25) is 0 Å². The van der Waals surface area contributed by atoms with Gasteiger partial charge in [-0.05, 0) is 12.8 Å². The Labute approximate surface area is 105 Å². The van der Waals surface area contributed by atoms with Crippen LogP contribution in [0.15, 0.2) is 0 Å². The summed E-state index contributed by atoms with van der Waals surface area (Å²) in [5, 5.41) is 11.6. The summed E-state index contributed by atoms with van der Waals surface area (Å²) in [4.78, 5) is 24.0. The topological polar surface area (TPSA) is 69.6 Å². The van der Waals surface area contributed by atoms with Crippen molar-refractivity contribution in [2.75, 3.05) is 24.6 Å². The summed E-state index contributed by atoms with van der Waals surface area (Å²) in [5.41, 5.74) is 0. The molecule has 0 aliphatic carbocycles. The van der Waals surface area contributed by atoms with Crippen molar-refractivity contribution in [2.45, 2.75) is 18.9 Å². The number of hydrogen-bond acceptors (Lipinski definition) is 3. The zero-order valence-electron chi connectivity index (χ0n) is 9.52. The zero-order valence-corrected chi connectivity index (χ0v) is 10.3. The minimum absolute atomic E-state index is 0.295. The number of aliphatic carboxylic acids is 1. The monoisotopic (exact) mass is 256 g/mol. The van der Waals surface area contributed by atoms with Crippen LogP contribution in [0.25, 0.3) is 0 Å². The lowest BCUT2D eigenvalue weighted by atomic mass is 10.2. The third kappa shape index (κ3) is 4.19. The van der Waals surface area contributed by atoms with Crippen LogP contribution < -0.4 is 5.32 Å². The quantitative estimate of drug-likeness (QED) is 0.558. The number of carbonyl (C=O) groups excluding carboxylic acids is 1. The van der Waals surface area contributed by atoms with Crippen LogP contribution in [-0.2, 0) is 4.79 Å². The number of terminal acetylenes is 1. The molecule has 94 valence electrons. The molecule has 1 aliphatic rings. The molecule has 0 radical (unpaired) electrons. The lowest BCUT2D eigenvalue weighted by Gasteiger charge is -2.21. The van der Waals surface area contributed by atoms with Crippen LogP contribution in [0.5, 0.6) is 0 Å². The van der Waals surface area contributed by atoms with Crippen molar-refractivity contribution in [3.8, 4) is 12.3 Å². The maximum atomic E-state index is 11.7. The standard InChI is InChI=1S/C11H16N2O3S/c1-2-7-17-8-5-12-11(16)13-6-3-4-9(13)10(14)15/h1,9H,3-8H2,(H,12,16)(H,14,15)/t9-/m0/s1. The Kier molecular flexibility index (Phi) is 5.70. The fourth-order valence-electron chi connectivity index (χ4n) is 1.73. The number of urea groups is 1. The Morgan fingerprint density at radius 3 is 3.00 bits per heavy atom. The number of hydrogen-bond donors (Lipinski definition) is 2. The van der Waals surface area contributed by atoms with E-state index in [9.17, 15) is 9.59 Å². The number of amides is 2. The summed E-state index contributed by atoms with van der Waals surface area (Å²) in [6.07, 6.45) is 6.37. The highest BCUT2D eigenvalue weighted by atomic mass is 32.2. The average Bonchev–Trinajstić information content (AvgIpc) is 2.77.